The molecular formula is C18H19N3O3. The van der Waals surface area contributed by atoms with Crippen LogP contribution in [0, 0.1) is 13.8 Å². The third-order valence-electron chi connectivity index (χ3n) is 3.86. The number of phenols is 1. The quantitative estimate of drug-likeness (QED) is 0.277. The number of rotatable bonds is 6. The second kappa shape index (κ2) is 7.50. The van der Waals surface area contributed by atoms with Crippen molar-refractivity contribution in [3.05, 3.63) is 57.9 Å². The van der Waals surface area contributed by atoms with Crippen LogP contribution in [-0.4, -0.2) is 28.4 Å². The van der Waals surface area contributed by atoms with Crippen LogP contribution in [-0.2, 0) is 17.6 Å². The largest absolute Gasteiger partial charge is 0.508 e. The van der Waals surface area contributed by atoms with Crippen molar-refractivity contribution < 1.29 is 14.7 Å². The molecule has 6 nitrogen and oxygen atoms in total. The van der Waals surface area contributed by atoms with E-state index in [0.29, 0.717) is 40.1 Å². The average Bonchev–Trinajstić information content (AvgIpc) is 2.56. The highest BCUT2D eigenvalue weighted by molar-refractivity contribution is 6.11. The number of ketones is 1. The summed E-state index contributed by atoms with van der Waals surface area (Å²) in [6.07, 6.45) is 2.71. The normalized spacial score (nSPS) is 10.9. The molecule has 1 heterocycles. The lowest BCUT2D eigenvalue weighted by molar-refractivity contribution is -0.107. The molecule has 2 aromatic rings. The van der Waals surface area contributed by atoms with Gasteiger partial charge in [-0.25, -0.2) is 0 Å². The van der Waals surface area contributed by atoms with Crippen molar-refractivity contribution in [1.82, 2.24) is 4.98 Å². The first-order valence-electron chi connectivity index (χ1n) is 7.47. The number of carbonyl (C=O) groups excluding carboxylic acids is 2. The van der Waals surface area contributed by atoms with Gasteiger partial charge in [-0.05, 0) is 49.2 Å². The SMILES string of the molecule is Cc1nc(C)c(CC=NN)c(C(=O)c2ccc(O)cc2)c1CC=O. The highest BCUT2D eigenvalue weighted by Gasteiger charge is 2.22. The fourth-order valence-electron chi connectivity index (χ4n) is 2.69. The van der Waals surface area contributed by atoms with Gasteiger partial charge in [-0.2, -0.15) is 5.10 Å². The van der Waals surface area contributed by atoms with Gasteiger partial charge in [0, 0.05) is 41.6 Å². The Balaban J connectivity index is 2.69. The highest BCUT2D eigenvalue weighted by atomic mass is 16.3. The van der Waals surface area contributed by atoms with Crippen LogP contribution >= 0.6 is 0 Å². The minimum Gasteiger partial charge on any atom is -0.508 e. The molecule has 0 aliphatic carbocycles. The summed E-state index contributed by atoms with van der Waals surface area (Å²) in [6.45, 7) is 3.59. The maximum atomic E-state index is 13.0. The van der Waals surface area contributed by atoms with Gasteiger partial charge in [-0.15, -0.1) is 0 Å². The molecule has 2 rings (SSSR count). The molecule has 0 atom stereocenters. The molecule has 0 amide bonds. The first-order chi connectivity index (χ1) is 11.5. The van der Waals surface area contributed by atoms with Gasteiger partial charge in [-0.1, -0.05) is 0 Å². The van der Waals surface area contributed by atoms with Crippen molar-refractivity contribution in [2.45, 2.75) is 26.7 Å². The summed E-state index contributed by atoms with van der Waals surface area (Å²) in [6, 6.07) is 6.01. The van der Waals surface area contributed by atoms with E-state index in [1.54, 1.807) is 19.1 Å². The predicted molar refractivity (Wildman–Crippen MR) is 91.4 cm³/mol. The van der Waals surface area contributed by atoms with Crippen LogP contribution in [0.1, 0.15) is 38.4 Å². The smallest absolute Gasteiger partial charge is 0.193 e. The second-order valence-corrected chi connectivity index (χ2v) is 5.40. The van der Waals surface area contributed by atoms with Gasteiger partial charge >= 0.3 is 0 Å². The molecule has 124 valence electrons. The van der Waals surface area contributed by atoms with Crippen LogP contribution < -0.4 is 5.84 Å². The number of aldehydes is 1. The van der Waals surface area contributed by atoms with E-state index in [2.05, 4.69) is 10.1 Å². The minimum absolute atomic E-state index is 0.0808. The van der Waals surface area contributed by atoms with Crippen LogP contribution in [0.5, 0.6) is 5.75 Å². The number of hydrogen-bond acceptors (Lipinski definition) is 6. The molecule has 3 N–H and O–H groups in total. The maximum absolute atomic E-state index is 13.0. The zero-order valence-electron chi connectivity index (χ0n) is 13.6. The van der Waals surface area contributed by atoms with Crippen molar-refractivity contribution in [2.24, 2.45) is 10.9 Å². The number of aromatic hydroxyl groups is 1. The summed E-state index contributed by atoms with van der Waals surface area (Å²) < 4.78 is 0. The summed E-state index contributed by atoms with van der Waals surface area (Å²) >= 11 is 0. The van der Waals surface area contributed by atoms with E-state index >= 15 is 0 Å². The molecule has 0 unspecified atom stereocenters. The van der Waals surface area contributed by atoms with Crippen LogP contribution in [0.3, 0.4) is 0 Å². The van der Waals surface area contributed by atoms with Gasteiger partial charge in [0.1, 0.15) is 12.0 Å². The standard InChI is InChI=1S/C18H19N3O3/c1-11-15(7-9-20-19)17(16(8-10-22)12(2)21-11)18(24)13-3-5-14(23)6-4-13/h3-6,9-10,23H,7-8,19H2,1-2H3. The lowest BCUT2D eigenvalue weighted by atomic mass is 9.89. The van der Waals surface area contributed by atoms with Crippen LogP contribution in [0.15, 0.2) is 29.4 Å². The van der Waals surface area contributed by atoms with Gasteiger partial charge in [0.2, 0.25) is 0 Å². The molecule has 0 spiro atoms. The number of carbonyl (C=O) groups is 2. The van der Waals surface area contributed by atoms with Crippen molar-refractivity contribution in [3.8, 4) is 5.75 Å². The number of hydrazone groups is 1. The van der Waals surface area contributed by atoms with Crippen LogP contribution in [0.25, 0.3) is 0 Å². The topological polar surface area (TPSA) is 106 Å². The maximum Gasteiger partial charge on any atom is 0.193 e. The van der Waals surface area contributed by atoms with E-state index in [0.717, 1.165) is 6.29 Å². The lowest BCUT2D eigenvalue weighted by Crippen LogP contribution is -2.15. The molecule has 0 aliphatic rings. The third-order valence-corrected chi connectivity index (χ3v) is 3.86. The fraction of sp³-hybridized carbons (Fsp3) is 0.222. The second-order valence-electron chi connectivity index (χ2n) is 5.40. The lowest BCUT2D eigenvalue weighted by Gasteiger charge is -2.16. The summed E-state index contributed by atoms with van der Waals surface area (Å²) in [5.74, 6) is 5.05. The Bertz CT molecular complexity index is 796. The van der Waals surface area contributed by atoms with Crippen molar-refractivity contribution in [2.75, 3.05) is 0 Å². The molecule has 1 aromatic heterocycles. The van der Waals surface area contributed by atoms with Crippen molar-refractivity contribution in [1.29, 1.82) is 0 Å². The Morgan fingerprint density at radius 3 is 2.29 bits per heavy atom. The number of benzene rings is 1. The first kappa shape index (κ1) is 17.3. The molecule has 0 radical (unpaired) electrons. The van der Waals surface area contributed by atoms with Crippen molar-refractivity contribution in [3.63, 3.8) is 0 Å². The Labute approximate surface area is 140 Å². The summed E-state index contributed by atoms with van der Waals surface area (Å²) in [5.41, 5.74) is 3.53. The molecule has 0 saturated heterocycles. The zero-order chi connectivity index (χ0) is 17.7. The van der Waals surface area contributed by atoms with E-state index in [4.69, 9.17) is 5.84 Å². The van der Waals surface area contributed by atoms with E-state index in [1.165, 1.54) is 18.3 Å². The predicted octanol–water partition coefficient (Wildman–Crippen LogP) is 1.86. The number of phenolic OH excluding ortho intramolecular Hbond substituents is 1. The van der Waals surface area contributed by atoms with E-state index in [-0.39, 0.29) is 18.0 Å². The number of aryl methyl sites for hydroxylation is 2. The Kier molecular flexibility index (Phi) is 5.42. The van der Waals surface area contributed by atoms with Crippen LogP contribution in [0.4, 0.5) is 0 Å². The fourth-order valence-corrected chi connectivity index (χ4v) is 2.69. The molecule has 24 heavy (non-hydrogen) atoms. The molecule has 6 heteroatoms. The zero-order valence-corrected chi connectivity index (χ0v) is 13.6. The van der Waals surface area contributed by atoms with E-state index < -0.39 is 0 Å². The summed E-state index contributed by atoms with van der Waals surface area (Å²) in [4.78, 5) is 28.6. The van der Waals surface area contributed by atoms with Gasteiger partial charge in [0.15, 0.2) is 5.78 Å². The van der Waals surface area contributed by atoms with E-state index in [1.807, 2.05) is 6.92 Å². The first-order valence-corrected chi connectivity index (χ1v) is 7.47. The molecule has 0 saturated carbocycles. The minimum atomic E-state index is -0.221. The monoisotopic (exact) mass is 325 g/mol. The van der Waals surface area contributed by atoms with Gasteiger partial charge in [0.05, 0.1) is 0 Å². The highest BCUT2D eigenvalue weighted by Crippen LogP contribution is 2.25. The molecule has 0 fully saturated rings. The Morgan fingerprint density at radius 2 is 1.75 bits per heavy atom. The van der Waals surface area contributed by atoms with Gasteiger partial charge in [0.25, 0.3) is 0 Å². The number of nitrogens with two attached hydrogens (primary N) is 1. The molecule has 1 aromatic carbocycles. The number of nitrogens with zero attached hydrogens (tertiary/aromatic N) is 2. The average molecular weight is 325 g/mol. The van der Waals surface area contributed by atoms with Gasteiger partial charge < -0.3 is 15.7 Å². The van der Waals surface area contributed by atoms with Gasteiger partial charge in [-0.3, -0.25) is 9.78 Å². The molecule has 0 aliphatic heterocycles. The Hall–Kier alpha value is -3.02. The van der Waals surface area contributed by atoms with Crippen molar-refractivity contribution >= 4 is 18.3 Å². The summed E-state index contributed by atoms with van der Waals surface area (Å²) in [5, 5.41) is 12.9. The Morgan fingerprint density at radius 1 is 1.17 bits per heavy atom. The number of aromatic nitrogens is 1. The third kappa shape index (κ3) is 3.48. The number of pyridine rings is 1. The molecule has 0 bridgehead atoms. The number of hydrogen-bond donors (Lipinski definition) is 2. The van der Waals surface area contributed by atoms with Crippen LogP contribution in [0.2, 0.25) is 0 Å². The summed E-state index contributed by atoms with van der Waals surface area (Å²) in [7, 11) is 0. The van der Waals surface area contributed by atoms with E-state index in [9.17, 15) is 14.7 Å². The molecular weight excluding hydrogens is 306 g/mol.